The fourth-order valence-corrected chi connectivity index (χ4v) is 7.01. The molecule has 0 atom stereocenters. The minimum Gasteiger partial charge on any atom is -0.330 e. The molecule has 0 bridgehead atoms. The molecule has 1 aromatic carbocycles. The number of benzene rings is 1. The highest BCUT2D eigenvalue weighted by Gasteiger charge is 2.30. The van der Waals surface area contributed by atoms with Gasteiger partial charge in [0.15, 0.2) is 0 Å². The molecule has 0 unspecified atom stereocenters. The third-order valence-corrected chi connectivity index (χ3v) is 9.00. The van der Waals surface area contributed by atoms with Crippen LogP contribution in [-0.4, -0.2) is 53.4 Å². The molecule has 144 valence electrons. The maximum Gasteiger partial charge on any atom is 0.252 e. The number of piperazine rings is 1. The van der Waals surface area contributed by atoms with Crippen LogP contribution < -0.4 is 0 Å². The zero-order valence-corrected chi connectivity index (χ0v) is 18.6. The standard InChI is InChI=1S/C17H18BrClN4O2S2/c1-21-14-3-2-12(19)10-13(14)20-16(21)11-22-6-8-23(9-7-22)27(24,25)17-5-4-15(18)26-17/h2-5,10H,6-9,11H2,1H3. The van der Waals surface area contributed by atoms with Gasteiger partial charge in [0.1, 0.15) is 10.0 Å². The van der Waals surface area contributed by atoms with E-state index in [4.69, 9.17) is 11.6 Å². The molecule has 6 nitrogen and oxygen atoms in total. The number of sulfonamides is 1. The minimum atomic E-state index is -3.41. The number of aromatic nitrogens is 2. The van der Waals surface area contributed by atoms with Crippen molar-refractivity contribution in [2.45, 2.75) is 10.8 Å². The van der Waals surface area contributed by atoms with Crippen LogP contribution in [0.3, 0.4) is 0 Å². The van der Waals surface area contributed by atoms with E-state index in [-0.39, 0.29) is 0 Å². The van der Waals surface area contributed by atoms with Gasteiger partial charge in [-0.15, -0.1) is 11.3 Å². The van der Waals surface area contributed by atoms with Crippen LogP contribution in [-0.2, 0) is 23.6 Å². The SMILES string of the molecule is Cn1c(CN2CCN(S(=O)(=O)c3ccc(Br)s3)CC2)nc2cc(Cl)ccc21. The average molecular weight is 490 g/mol. The van der Waals surface area contributed by atoms with E-state index in [0.29, 0.717) is 42.0 Å². The molecule has 3 heterocycles. The fourth-order valence-electron chi connectivity index (χ4n) is 3.26. The summed E-state index contributed by atoms with van der Waals surface area (Å²) >= 11 is 10.6. The van der Waals surface area contributed by atoms with E-state index in [1.54, 1.807) is 16.4 Å². The summed E-state index contributed by atoms with van der Waals surface area (Å²) < 4.78 is 30.3. The first-order chi connectivity index (χ1) is 12.8. The van der Waals surface area contributed by atoms with Gasteiger partial charge in [-0.1, -0.05) is 11.6 Å². The molecule has 0 amide bonds. The number of hydrogen-bond acceptors (Lipinski definition) is 5. The molecular formula is C17H18BrClN4O2S2. The molecule has 4 rings (SSSR count). The van der Waals surface area contributed by atoms with Crippen molar-refractivity contribution in [2.75, 3.05) is 26.2 Å². The van der Waals surface area contributed by atoms with Crippen molar-refractivity contribution in [1.82, 2.24) is 18.8 Å². The number of nitrogens with zero attached hydrogens (tertiary/aromatic N) is 4. The summed E-state index contributed by atoms with van der Waals surface area (Å²) in [5, 5.41) is 0.672. The third kappa shape index (κ3) is 3.81. The second kappa shape index (κ2) is 7.46. The number of fused-ring (bicyclic) bond motifs is 1. The van der Waals surface area contributed by atoms with Gasteiger partial charge in [-0.3, -0.25) is 4.90 Å². The van der Waals surface area contributed by atoms with E-state index in [9.17, 15) is 8.42 Å². The van der Waals surface area contributed by atoms with Gasteiger partial charge in [-0.2, -0.15) is 4.31 Å². The van der Waals surface area contributed by atoms with Gasteiger partial charge in [0, 0.05) is 38.2 Å². The number of thiophene rings is 1. The second-order valence-corrected chi connectivity index (χ2v) is 11.5. The monoisotopic (exact) mass is 488 g/mol. The maximum absolute atomic E-state index is 12.7. The molecule has 10 heteroatoms. The van der Waals surface area contributed by atoms with Crippen LogP contribution in [0, 0.1) is 0 Å². The Kier molecular flexibility index (Phi) is 5.34. The topological polar surface area (TPSA) is 58.4 Å². The first-order valence-corrected chi connectivity index (χ1v) is 11.9. The summed E-state index contributed by atoms with van der Waals surface area (Å²) in [5.74, 6) is 0.950. The van der Waals surface area contributed by atoms with Crippen LogP contribution in [0.25, 0.3) is 11.0 Å². The lowest BCUT2D eigenvalue weighted by atomic mass is 10.3. The van der Waals surface area contributed by atoms with E-state index in [1.807, 2.05) is 25.2 Å². The molecular weight excluding hydrogens is 472 g/mol. The van der Waals surface area contributed by atoms with E-state index < -0.39 is 10.0 Å². The quantitative estimate of drug-likeness (QED) is 0.562. The summed E-state index contributed by atoms with van der Waals surface area (Å²) in [6, 6.07) is 9.12. The number of hydrogen-bond donors (Lipinski definition) is 0. The smallest absolute Gasteiger partial charge is 0.252 e. The van der Waals surface area contributed by atoms with Gasteiger partial charge in [0.05, 0.1) is 21.4 Å². The van der Waals surface area contributed by atoms with E-state index in [1.165, 1.54) is 11.3 Å². The van der Waals surface area contributed by atoms with Crippen molar-refractivity contribution in [1.29, 1.82) is 0 Å². The normalized spacial score (nSPS) is 17.0. The van der Waals surface area contributed by atoms with Crippen LogP contribution in [0.1, 0.15) is 5.82 Å². The van der Waals surface area contributed by atoms with E-state index >= 15 is 0 Å². The lowest BCUT2D eigenvalue weighted by molar-refractivity contribution is 0.177. The van der Waals surface area contributed by atoms with Crippen molar-refractivity contribution in [3.05, 3.63) is 45.0 Å². The first-order valence-electron chi connectivity index (χ1n) is 8.43. The molecule has 1 fully saturated rings. The molecule has 0 radical (unpaired) electrons. The fraction of sp³-hybridized carbons (Fsp3) is 0.353. The molecule has 1 aliphatic heterocycles. The van der Waals surface area contributed by atoms with Gasteiger partial charge < -0.3 is 4.57 Å². The maximum atomic E-state index is 12.7. The Morgan fingerprint density at radius 1 is 1.19 bits per heavy atom. The van der Waals surface area contributed by atoms with Crippen LogP contribution in [0.15, 0.2) is 38.3 Å². The number of aryl methyl sites for hydroxylation is 1. The minimum absolute atomic E-state index is 0.384. The molecule has 0 saturated carbocycles. The summed E-state index contributed by atoms with van der Waals surface area (Å²) in [4.78, 5) is 6.92. The molecule has 0 N–H and O–H groups in total. The predicted octanol–water partition coefficient (Wildman–Crippen LogP) is 3.56. The molecule has 1 saturated heterocycles. The van der Waals surface area contributed by atoms with Crippen LogP contribution in [0.5, 0.6) is 0 Å². The van der Waals surface area contributed by atoms with Gasteiger partial charge >= 0.3 is 0 Å². The Hall–Kier alpha value is -0.970. The van der Waals surface area contributed by atoms with E-state index in [2.05, 4.69) is 30.4 Å². The highest BCUT2D eigenvalue weighted by Crippen LogP contribution is 2.29. The van der Waals surface area contributed by atoms with Crippen LogP contribution in [0.2, 0.25) is 5.02 Å². The lowest BCUT2D eigenvalue weighted by Gasteiger charge is -2.33. The lowest BCUT2D eigenvalue weighted by Crippen LogP contribution is -2.48. The molecule has 2 aromatic heterocycles. The number of rotatable bonds is 4. The Labute approximate surface area is 175 Å². The van der Waals surface area contributed by atoms with Crippen LogP contribution in [0.4, 0.5) is 0 Å². The van der Waals surface area contributed by atoms with Gasteiger partial charge in [-0.25, -0.2) is 13.4 Å². The molecule has 0 spiro atoms. The van der Waals surface area contributed by atoms with Gasteiger partial charge in [0.2, 0.25) is 0 Å². The van der Waals surface area contributed by atoms with Crippen LogP contribution >= 0.6 is 38.9 Å². The highest BCUT2D eigenvalue weighted by molar-refractivity contribution is 9.11. The summed E-state index contributed by atoms with van der Waals surface area (Å²) in [5.41, 5.74) is 1.92. The molecule has 0 aliphatic carbocycles. The Morgan fingerprint density at radius 3 is 2.59 bits per heavy atom. The molecule has 1 aliphatic rings. The van der Waals surface area contributed by atoms with Crippen molar-refractivity contribution < 1.29 is 8.42 Å². The zero-order valence-electron chi connectivity index (χ0n) is 14.6. The Morgan fingerprint density at radius 2 is 1.93 bits per heavy atom. The first kappa shape index (κ1) is 19.4. The molecule has 3 aromatic rings. The van der Waals surface area contributed by atoms with Crippen molar-refractivity contribution >= 4 is 59.9 Å². The summed E-state index contributed by atoms with van der Waals surface area (Å²) in [7, 11) is -1.42. The third-order valence-electron chi connectivity index (χ3n) is 4.77. The summed E-state index contributed by atoms with van der Waals surface area (Å²) in [6.07, 6.45) is 0. The van der Waals surface area contributed by atoms with Crippen molar-refractivity contribution in [3.8, 4) is 0 Å². The summed E-state index contributed by atoms with van der Waals surface area (Å²) in [6.45, 7) is 2.99. The Balaban J connectivity index is 1.45. The van der Waals surface area contributed by atoms with E-state index in [0.717, 1.165) is 20.6 Å². The molecule has 27 heavy (non-hydrogen) atoms. The average Bonchev–Trinajstić information content (AvgIpc) is 3.20. The van der Waals surface area contributed by atoms with Crippen molar-refractivity contribution in [3.63, 3.8) is 0 Å². The largest absolute Gasteiger partial charge is 0.330 e. The number of imidazole rings is 1. The van der Waals surface area contributed by atoms with Crippen molar-refractivity contribution in [2.24, 2.45) is 7.05 Å². The predicted molar refractivity (Wildman–Crippen MR) is 112 cm³/mol. The number of halogens is 2. The second-order valence-electron chi connectivity index (χ2n) is 6.46. The zero-order chi connectivity index (χ0) is 19.2. The van der Waals surface area contributed by atoms with Gasteiger partial charge in [0.25, 0.3) is 10.0 Å². The Bertz CT molecular complexity index is 1090. The highest BCUT2D eigenvalue weighted by atomic mass is 79.9. The van der Waals surface area contributed by atoms with Gasteiger partial charge in [-0.05, 0) is 46.3 Å².